The minimum atomic E-state index is 0.142. The summed E-state index contributed by atoms with van der Waals surface area (Å²) in [6, 6.07) is 10.5. The molecule has 21 heavy (non-hydrogen) atoms. The molecule has 0 saturated carbocycles. The average Bonchev–Trinajstić information content (AvgIpc) is 2.46. The molecule has 1 aromatic carbocycles. The van der Waals surface area contributed by atoms with Crippen molar-refractivity contribution in [3.05, 3.63) is 46.6 Å². The second-order valence-corrected chi connectivity index (χ2v) is 6.13. The topological polar surface area (TPSA) is 75.6 Å². The van der Waals surface area contributed by atoms with Gasteiger partial charge < -0.3 is 5.73 Å². The van der Waals surface area contributed by atoms with Crippen molar-refractivity contribution < 1.29 is 0 Å². The number of hydrogen-bond donors (Lipinski definition) is 1. The molecule has 0 aliphatic carbocycles. The van der Waals surface area contributed by atoms with Crippen LogP contribution in [0.2, 0.25) is 0 Å². The maximum atomic E-state index is 9.16. The van der Waals surface area contributed by atoms with E-state index in [0.717, 1.165) is 11.4 Å². The van der Waals surface area contributed by atoms with E-state index in [-0.39, 0.29) is 11.7 Å². The maximum absolute atomic E-state index is 9.16. The van der Waals surface area contributed by atoms with Crippen molar-refractivity contribution in [2.45, 2.75) is 37.6 Å². The van der Waals surface area contributed by atoms with Gasteiger partial charge in [0.2, 0.25) is 0 Å². The van der Waals surface area contributed by atoms with Crippen molar-refractivity contribution in [1.29, 1.82) is 5.26 Å². The minimum Gasteiger partial charge on any atom is -0.382 e. The van der Waals surface area contributed by atoms with Crippen LogP contribution in [0, 0.1) is 18.3 Å². The van der Waals surface area contributed by atoms with Crippen molar-refractivity contribution in [2.24, 2.45) is 0 Å². The summed E-state index contributed by atoms with van der Waals surface area (Å²) < 4.78 is 0. The first-order chi connectivity index (χ1) is 10.0. The van der Waals surface area contributed by atoms with E-state index in [1.807, 2.05) is 13.8 Å². The number of nitriles is 1. The van der Waals surface area contributed by atoms with Gasteiger partial charge in [0, 0.05) is 5.75 Å². The second kappa shape index (κ2) is 6.59. The number of rotatable bonds is 4. The molecule has 0 saturated heterocycles. The fourth-order valence-electron chi connectivity index (χ4n) is 1.90. The quantitative estimate of drug-likeness (QED) is 0.688. The highest BCUT2D eigenvalue weighted by atomic mass is 32.2. The van der Waals surface area contributed by atoms with Gasteiger partial charge in [-0.2, -0.15) is 5.26 Å². The summed E-state index contributed by atoms with van der Waals surface area (Å²) in [5.74, 6) is 1.19. The number of aryl methyl sites for hydroxylation is 1. The van der Waals surface area contributed by atoms with E-state index in [4.69, 9.17) is 11.0 Å². The van der Waals surface area contributed by atoms with Gasteiger partial charge in [-0.25, -0.2) is 9.97 Å². The fraction of sp³-hybridized carbons (Fsp3) is 0.312. The summed E-state index contributed by atoms with van der Waals surface area (Å²) >= 11 is 1.53. The standard InChI is InChI=1S/C16H18N4S/c1-10(2)14-13(8-17)15(18)20-16(19-14)21-9-12-6-4-11(3)5-7-12/h4-7,10H,9H2,1-3H3,(H2,18,19,20). The molecule has 0 spiro atoms. The summed E-state index contributed by atoms with van der Waals surface area (Å²) in [7, 11) is 0. The molecule has 4 nitrogen and oxygen atoms in total. The van der Waals surface area contributed by atoms with E-state index in [1.165, 1.54) is 22.9 Å². The lowest BCUT2D eigenvalue weighted by atomic mass is 10.1. The maximum Gasteiger partial charge on any atom is 0.190 e. The summed E-state index contributed by atoms with van der Waals surface area (Å²) in [6.45, 7) is 6.06. The molecule has 0 aliphatic heterocycles. The molecule has 0 atom stereocenters. The molecular formula is C16H18N4S. The predicted molar refractivity (Wildman–Crippen MR) is 86.0 cm³/mol. The first kappa shape index (κ1) is 15.3. The Morgan fingerprint density at radius 2 is 1.90 bits per heavy atom. The number of nitrogens with two attached hydrogens (primary N) is 1. The Morgan fingerprint density at radius 1 is 1.24 bits per heavy atom. The first-order valence-corrected chi connectivity index (χ1v) is 7.75. The Morgan fingerprint density at radius 3 is 2.48 bits per heavy atom. The highest BCUT2D eigenvalue weighted by Gasteiger charge is 2.15. The van der Waals surface area contributed by atoms with Gasteiger partial charge in [0.15, 0.2) is 5.16 Å². The van der Waals surface area contributed by atoms with Crippen molar-refractivity contribution in [3.63, 3.8) is 0 Å². The molecule has 2 aromatic rings. The van der Waals surface area contributed by atoms with Crippen LogP contribution >= 0.6 is 11.8 Å². The molecule has 0 unspecified atom stereocenters. The number of nitrogens with zero attached hydrogens (tertiary/aromatic N) is 3. The molecule has 0 amide bonds. The van der Waals surface area contributed by atoms with Crippen LogP contribution in [0.15, 0.2) is 29.4 Å². The number of hydrogen-bond acceptors (Lipinski definition) is 5. The molecule has 0 bridgehead atoms. The van der Waals surface area contributed by atoms with Crippen molar-refractivity contribution in [1.82, 2.24) is 9.97 Å². The Bertz CT molecular complexity index is 672. The normalized spacial score (nSPS) is 10.6. The van der Waals surface area contributed by atoms with Crippen LogP contribution in [-0.2, 0) is 5.75 Å². The van der Waals surface area contributed by atoms with E-state index >= 15 is 0 Å². The molecule has 108 valence electrons. The Hall–Kier alpha value is -2.06. The summed E-state index contributed by atoms with van der Waals surface area (Å²) in [5.41, 5.74) is 9.44. The summed E-state index contributed by atoms with van der Waals surface area (Å²) in [6.07, 6.45) is 0. The number of aromatic nitrogens is 2. The minimum absolute atomic E-state index is 0.142. The summed E-state index contributed by atoms with van der Waals surface area (Å²) in [4.78, 5) is 8.71. The highest BCUT2D eigenvalue weighted by Crippen LogP contribution is 2.26. The Balaban J connectivity index is 2.21. The third-order valence-electron chi connectivity index (χ3n) is 3.09. The average molecular weight is 298 g/mol. The molecule has 2 N–H and O–H groups in total. The number of thioether (sulfide) groups is 1. The lowest BCUT2D eigenvalue weighted by molar-refractivity contribution is 0.776. The number of nitrogen functional groups attached to an aromatic ring is 1. The van der Waals surface area contributed by atoms with Crippen LogP contribution in [0.5, 0.6) is 0 Å². The van der Waals surface area contributed by atoms with Gasteiger partial charge in [0.05, 0.1) is 5.69 Å². The molecular weight excluding hydrogens is 280 g/mol. The number of anilines is 1. The third-order valence-corrected chi connectivity index (χ3v) is 4.01. The third kappa shape index (κ3) is 3.73. The lowest BCUT2D eigenvalue weighted by Crippen LogP contribution is -2.06. The zero-order valence-corrected chi connectivity index (χ0v) is 13.2. The van der Waals surface area contributed by atoms with Crippen molar-refractivity contribution in [2.75, 3.05) is 5.73 Å². The molecule has 0 fully saturated rings. The van der Waals surface area contributed by atoms with Gasteiger partial charge in [0.25, 0.3) is 0 Å². The molecule has 0 radical (unpaired) electrons. The highest BCUT2D eigenvalue weighted by molar-refractivity contribution is 7.98. The first-order valence-electron chi connectivity index (χ1n) is 6.77. The zero-order chi connectivity index (χ0) is 15.4. The largest absolute Gasteiger partial charge is 0.382 e. The Kier molecular flexibility index (Phi) is 4.81. The van der Waals surface area contributed by atoms with E-state index in [9.17, 15) is 0 Å². The number of benzene rings is 1. The predicted octanol–water partition coefficient (Wildman–Crippen LogP) is 3.65. The van der Waals surface area contributed by atoms with Crippen LogP contribution < -0.4 is 5.73 Å². The van der Waals surface area contributed by atoms with Crippen LogP contribution in [0.25, 0.3) is 0 Å². The van der Waals surface area contributed by atoms with Crippen LogP contribution in [-0.4, -0.2) is 9.97 Å². The molecule has 0 aliphatic rings. The van der Waals surface area contributed by atoms with E-state index in [1.54, 1.807) is 0 Å². The van der Waals surface area contributed by atoms with Gasteiger partial charge in [-0.15, -0.1) is 0 Å². The van der Waals surface area contributed by atoms with Gasteiger partial charge in [0.1, 0.15) is 17.5 Å². The van der Waals surface area contributed by atoms with E-state index in [2.05, 4.69) is 47.2 Å². The SMILES string of the molecule is Cc1ccc(CSc2nc(N)c(C#N)c(C(C)C)n2)cc1. The van der Waals surface area contributed by atoms with Crippen LogP contribution in [0.3, 0.4) is 0 Å². The second-order valence-electron chi connectivity index (χ2n) is 5.19. The van der Waals surface area contributed by atoms with Crippen LogP contribution in [0.1, 0.15) is 42.1 Å². The smallest absolute Gasteiger partial charge is 0.190 e. The van der Waals surface area contributed by atoms with Gasteiger partial charge in [-0.1, -0.05) is 55.4 Å². The summed E-state index contributed by atoms with van der Waals surface area (Å²) in [5, 5.41) is 9.78. The zero-order valence-electron chi connectivity index (χ0n) is 12.4. The van der Waals surface area contributed by atoms with Crippen molar-refractivity contribution >= 4 is 17.6 Å². The van der Waals surface area contributed by atoms with Crippen molar-refractivity contribution in [3.8, 4) is 6.07 Å². The van der Waals surface area contributed by atoms with Gasteiger partial charge >= 0.3 is 0 Å². The molecule has 1 aromatic heterocycles. The Labute approximate surface area is 129 Å². The lowest BCUT2D eigenvalue weighted by Gasteiger charge is -2.10. The van der Waals surface area contributed by atoms with E-state index < -0.39 is 0 Å². The fourth-order valence-corrected chi connectivity index (χ4v) is 2.72. The van der Waals surface area contributed by atoms with Gasteiger partial charge in [-0.05, 0) is 18.4 Å². The molecule has 2 rings (SSSR count). The van der Waals surface area contributed by atoms with Gasteiger partial charge in [-0.3, -0.25) is 0 Å². The van der Waals surface area contributed by atoms with Crippen LogP contribution in [0.4, 0.5) is 5.82 Å². The molecule has 1 heterocycles. The molecule has 5 heteroatoms. The monoisotopic (exact) mass is 298 g/mol. The van der Waals surface area contributed by atoms with E-state index in [0.29, 0.717) is 10.7 Å².